The molecule has 0 aliphatic heterocycles. The Morgan fingerprint density at radius 1 is 1.08 bits per heavy atom. The summed E-state index contributed by atoms with van der Waals surface area (Å²) in [4.78, 5) is 31.8. The molecule has 0 bridgehead atoms. The normalized spacial score (nSPS) is 11.8. The lowest BCUT2D eigenvalue weighted by Gasteiger charge is -2.19. The Hall–Kier alpha value is -3.49. The molecule has 0 saturated carbocycles. The maximum absolute atomic E-state index is 13.7. The fraction of sp³-hybridized carbons (Fsp3) is 0.250. The van der Waals surface area contributed by atoms with Crippen molar-refractivity contribution in [3.8, 4) is 11.5 Å². The van der Waals surface area contributed by atoms with Crippen molar-refractivity contribution in [3.05, 3.63) is 87.2 Å². The Balaban J connectivity index is 1.77. The zero-order valence-corrected chi connectivity index (χ0v) is 22.7. The molecule has 1 atom stereocenters. The zero-order chi connectivity index (χ0) is 26.5. The summed E-state index contributed by atoms with van der Waals surface area (Å²) >= 11 is 7.32. The molecule has 1 amide bonds. The third-order valence-corrected chi connectivity index (χ3v) is 7.48. The van der Waals surface area contributed by atoms with Gasteiger partial charge in [-0.1, -0.05) is 54.6 Å². The lowest BCUT2D eigenvalue weighted by atomic mass is 10.2. The second-order valence-corrected chi connectivity index (χ2v) is 10.1. The summed E-state index contributed by atoms with van der Waals surface area (Å²) in [6, 6.07) is 18.2. The first-order valence-electron chi connectivity index (χ1n) is 11.8. The number of carbonyl (C=O) groups excluding carboxylic acids is 1. The van der Waals surface area contributed by atoms with Crippen LogP contribution in [-0.2, 0) is 11.3 Å². The lowest BCUT2D eigenvalue weighted by Crippen LogP contribution is -2.28. The van der Waals surface area contributed by atoms with E-state index < -0.39 is 5.25 Å². The number of ether oxygens (including phenoxy) is 2. The average Bonchev–Trinajstić information content (AvgIpc) is 2.89. The van der Waals surface area contributed by atoms with Crippen LogP contribution in [0.15, 0.2) is 70.6 Å². The van der Waals surface area contributed by atoms with E-state index in [2.05, 4.69) is 5.32 Å². The number of fused-ring (bicyclic) bond motifs is 1. The zero-order valence-electron chi connectivity index (χ0n) is 21.1. The summed E-state index contributed by atoms with van der Waals surface area (Å²) in [5.74, 6) is 0.756. The van der Waals surface area contributed by atoms with Crippen molar-refractivity contribution in [2.45, 2.75) is 37.2 Å². The van der Waals surface area contributed by atoms with Crippen molar-refractivity contribution >= 4 is 45.9 Å². The number of rotatable bonds is 9. The van der Waals surface area contributed by atoms with E-state index in [9.17, 15) is 9.59 Å². The van der Waals surface area contributed by atoms with Gasteiger partial charge in [0, 0.05) is 16.8 Å². The minimum absolute atomic E-state index is 0.155. The summed E-state index contributed by atoms with van der Waals surface area (Å²) in [7, 11) is 3.05. The molecule has 7 nitrogen and oxygen atoms in total. The number of methoxy groups -OCH3 is 2. The number of thioether (sulfide) groups is 1. The van der Waals surface area contributed by atoms with Crippen molar-refractivity contribution in [3.63, 3.8) is 0 Å². The van der Waals surface area contributed by atoms with Gasteiger partial charge in [-0.05, 0) is 54.8 Å². The number of hydrogen-bond donors (Lipinski definition) is 1. The highest BCUT2D eigenvalue weighted by molar-refractivity contribution is 8.00. The number of hydrogen-bond acceptors (Lipinski definition) is 6. The van der Waals surface area contributed by atoms with E-state index >= 15 is 0 Å². The van der Waals surface area contributed by atoms with Gasteiger partial charge < -0.3 is 14.8 Å². The highest BCUT2D eigenvalue weighted by Gasteiger charge is 2.23. The van der Waals surface area contributed by atoms with Crippen LogP contribution in [-0.4, -0.2) is 34.9 Å². The molecule has 0 spiro atoms. The van der Waals surface area contributed by atoms with E-state index in [4.69, 9.17) is 26.1 Å². The van der Waals surface area contributed by atoms with Crippen LogP contribution in [0.1, 0.15) is 24.5 Å². The number of aromatic nitrogens is 2. The number of halogens is 1. The maximum atomic E-state index is 13.7. The van der Waals surface area contributed by atoms with Crippen LogP contribution in [0.25, 0.3) is 10.9 Å². The van der Waals surface area contributed by atoms with Crippen LogP contribution in [0.4, 0.5) is 5.69 Å². The van der Waals surface area contributed by atoms with Gasteiger partial charge in [0.25, 0.3) is 5.56 Å². The molecule has 0 fully saturated rings. The number of nitrogens with zero attached hydrogens (tertiary/aromatic N) is 2. The van der Waals surface area contributed by atoms with Crippen LogP contribution < -0.4 is 20.3 Å². The quantitative estimate of drug-likeness (QED) is 0.210. The molecular formula is C28H28ClN3O4S. The molecule has 4 rings (SSSR count). The van der Waals surface area contributed by atoms with Crippen LogP contribution in [0, 0.1) is 6.92 Å². The van der Waals surface area contributed by atoms with E-state index in [1.165, 1.54) is 26.0 Å². The molecule has 4 aromatic rings. The van der Waals surface area contributed by atoms with E-state index in [-0.39, 0.29) is 18.0 Å². The summed E-state index contributed by atoms with van der Waals surface area (Å²) in [5.41, 5.74) is 2.89. The van der Waals surface area contributed by atoms with E-state index in [1.54, 1.807) is 28.8 Å². The van der Waals surface area contributed by atoms with Crippen LogP contribution in [0.2, 0.25) is 5.02 Å². The van der Waals surface area contributed by atoms with Crippen molar-refractivity contribution < 1.29 is 14.3 Å². The third-order valence-electron chi connectivity index (χ3n) is 5.87. The number of benzene rings is 3. The number of anilines is 1. The minimum Gasteiger partial charge on any atom is -0.493 e. The topological polar surface area (TPSA) is 82.5 Å². The van der Waals surface area contributed by atoms with Gasteiger partial charge in [-0.2, -0.15) is 0 Å². The van der Waals surface area contributed by atoms with Crippen molar-refractivity contribution in [2.75, 3.05) is 19.5 Å². The molecule has 192 valence electrons. The molecular weight excluding hydrogens is 510 g/mol. The number of carbonyl (C=O) groups is 1. The molecule has 1 N–H and O–H groups in total. The fourth-order valence-corrected chi connectivity index (χ4v) is 5.06. The van der Waals surface area contributed by atoms with Crippen molar-refractivity contribution in [1.29, 1.82) is 0 Å². The van der Waals surface area contributed by atoms with Gasteiger partial charge in [0.2, 0.25) is 5.91 Å². The van der Waals surface area contributed by atoms with Gasteiger partial charge in [0.1, 0.15) is 0 Å². The Labute approximate surface area is 224 Å². The molecule has 0 aliphatic carbocycles. The Kier molecular flexibility index (Phi) is 8.41. The molecule has 37 heavy (non-hydrogen) atoms. The molecule has 3 aromatic carbocycles. The smallest absolute Gasteiger partial charge is 0.262 e. The van der Waals surface area contributed by atoms with Crippen molar-refractivity contribution in [1.82, 2.24) is 9.55 Å². The van der Waals surface area contributed by atoms with E-state index in [0.29, 0.717) is 39.0 Å². The summed E-state index contributed by atoms with van der Waals surface area (Å²) in [5, 5.41) is 3.96. The second-order valence-electron chi connectivity index (χ2n) is 8.51. The lowest BCUT2D eigenvalue weighted by molar-refractivity contribution is -0.115. The Morgan fingerprint density at radius 2 is 1.78 bits per heavy atom. The highest BCUT2D eigenvalue weighted by Crippen LogP contribution is 2.32. The minimum atomic E-state index is -0.471. The summed E-state index contributed by atoms with van der Waals surface area (Å²) in [6.45, 7) is 4.18. The van der Waals surface area contributed by atoms with Gasteiger partial charge in [-0.15, -0.1) is 0 Å². The van der Waals surface area contributed by atoms with Gasteiger partial charge in [0.05, 0.1) is 36.9 Å². The first-order valence-corrected chi connectivity index (χ1v) is 13.0. The number of aryl methyl sites for hydroxylation is 1. The number of nitrogens with one attached hydrogen (secondary N) is 1. The first-order chi connectivity index (χ1) is 17.8. The maximum Gasteiger partial charge on any atom is 0.262 e. The van der Waals surface area contributed by atoms with Crippen LogP contribution in [0.3, 0.4) is 0 Å². The van der Waals surface area contributed by atoms with E-state index in [0.717, 1.165) is 16.8 Å². The molecule has 0 aliphatic rings. The van der Waals surface area contributed by atoms with Gasteiger partial charge in [0.15, 0.2) is 16.7 Å². The third kappa shape index (κ3) is 6.09. The average molecular weight is 538 g/mol. The molecule has 0 unspecified atom stereocenters. The first kappa shape index (κ1) is 26.6. The Bertz CT molecular complexity index is 1490. The SMILES string of the molecule is CC[C@@H](Sc1nc2cc(OC)c(OC)cc2c(=O)n1Cc1ccc(Cl)cc1)C(=O)Nc1cccc(C)c1. The number of amides is 1. The molecule has 0 radical (unpaired) electrons. The summed E-state index contributed by atoms with van der Waals surface area (Å²) in [6.07, 6.45) is 0.545. The van der Waals surface area contributed by atoms with Crippen molar-refractivity contribution in [2.24, 2.45) is 0 Å². The molecule has 1 aromatic heterocycles. The van der Waals surface area contributed by atoms with Gasteiger partial charge in [-0.3, -0.25) is 14.2 Å². The van der Waals surface area contributed by atoms with Crippen LogP contribution >= 0.6 is 23.4 Å². The molecule has 0 saturated heterocycles. The summed E-state index contributed by atoms with van der Waals surface area (Å²) < 4.78 is 12.4. The Morgan fingerprint density at radius 3 is 2.43 bits per heavy atom. The van der Waals surface area contributed by atoms with Gasteiger partial charge in [-0.25, -0.2) is 4.98 Å². The molecule has 9 heteroatoms. The second kappa shape index (κ2) is 11.7. The van der Waals surface area contributed by atoms with Gasteiger partial charge >= 0.3 is 0 Å². The largest absolute Gasteiger partial charge is 0.493 e. The predicted molar refractivity (Wildman–Crippen MR) is 149 cm³/mol. The predicted octanol–water partition coefficient (Wildman–Crippen LogP) is 5.93. The van der Waals surface area contributed by atoms with Crippen LogP contribution in [0.5, 0.6) is 11.5 Å². The monoisotopic (exact) mass is 537 g/mol. The van der Waals surface area contributed by atoms with E-state index in [1.807, 2.05) is 50.2 Å². The standard InChI is InChI=1S/C28H28ClN3O4S/c1-5-25(26(33)30-20-8-6-7-17(2)13-20)37-28-31-22-15-24(36-4)23(35-3)14-21(22)27(34)32(28)16-18-9-11-19(29)12-10-18/h6-15,25H,5,16H2,1-4H3,(H,30,33)/t25-/m1/s1. The molecule has 1 heterocycles. The highest BCUT2D eigenvalue weighted by atomic mass is 35.5. The fourth-order valence-electron chi connectivity index (χ4n) is 3.92.